The van der Waals surface area contributed by atoms with Crippen molar-refractivity contribution >= 4 is 47.7 Å². The number of hydrazine groups is 2. The number of aryl methyl sites for hydroxylation is 4. The Bertz CT molecular complexity index is 2780. The molecule has 0 aliphatic rings. The molecular weight excluding hydrogens is 1350 g/mol. The molecule has 0 heterocycles. The second kappa shape index (κ2) is 40.4. The number of amides is 4. The van der Waals surface area contributed by atoms with Gasteiger partial charge in [-0.15, -0.1) is 13.2 Å². The Hall–Kier alpha value is -2.15. The number of ether oxygens (including phenoxy) is 1. The molecule has 0 radical (unpaired) electrons. The van der Waals surface area contributed by atoms with E-state index in [1.165, 1.54) is 10.0 Å². The molecule has 3 N–H and O–H groups in total. The van der Waals surface area contributed by atoms with Crippen LogP contribution >= 0.6 is 11.6 Å². The zero-order valence-electron chi connectivity index (χ0n) is 52.2. The largest absolute Gasteiger partial charge is 1.00 e. The average Bonchev–Trinajstić information content (AvgIpc) is 3.34. The van der Waals surface area contributed by atoms with Crippen molar-refractivity contribution in [1.82, 2.24) is 20.9 Å². The fourth-order valence-electron chi connectivity index (χ4n) is 8.69. The molecular formula is C60H78ClCs2F4N4NaO11. The second-order valence-corrected chi connectivity index (χ2v) is 21.6. The number of alkyl halides is 5. The molecule has 4 aromatic rings. The summed E-state index contributed by atoms with van der Waals surface area (Å²) < 4.78 is 52.9. The molecule has 0 aliphatic carbocycles. The molecule has 4 rings (SSSR count). The standard InChI is InChI=1S/C29H38F2N2O3.C28H38N2O3.C2HClF2O2.CH2O3.2Cs.Na.H/c1-9-11-21-13-14-23(20(5)25(21)36-28(30)31)26(34)32-33(24(12-10-2)29(6,7)8)27(35)22-16-18(3)15-19(4)17-22;1-9-11-21-13-14-23(20(5)25(21)31)26(32)29-30(24(12-10-2)28(6,7)8)27(33)22-16-18(3)15-19(4)17-22;3-2(4,5)1(6)7;2-1-4-3;;;;/h9,13-17,24,28H,1,10-12H2,2-8H3,(H,32,34);9,13-17,24,31H,1,10-12H2,2-8H3,(H,29,32);(H,6,7);1,3H;;;;/q;;;;3*+1;-1/p-2/t2*24-;;;;;;/m11....../s1. The molecule has 0 bridgehead atoms. The number of aromatic hydroxyl groups is 1. The number of hydrogen-bond donors (Lipinski definition) is 3. The van der Waals surface area contributed by atoms with E-state index in [1.807, 2.05) is 79.7 Å². The number of nitrogens with one attached hydrogen (secondary N) is 2. The topological polar surface area (TPSA) is 218 Å². The number of carbonyl (C=O) groups excluding carboxylic acids is 6. The number of phenols is 1. The van der Waals surface area contributed by atoms with E-state index in [2.05, 4.69) is 68.2 Å². The smallest absolute Gasteiger partial charge is 1.00 e. The average molecular weight is 1430 g/mol. The van der Waals surface area contributed by atoms with E-state index in [0.29, 0.717) is 52.6 Å². The van der Waals surface area contributed by atoms with Gasteiger partial charge in [0, 0.05) is 33.4 Å². The van der Waals surface area contributed by atoms with Crippen LogP contribution in [0, 0.1) is 52.4 Å². The van der Waals surface area contributed by atoms with Crippen molar-refractivity contribution in [1.29, 1.82) is 0 Å². The van der Waals surface area contributed by atoms with Gasteiger partial charge in [-0.25, -0.2) is 10.0 Å². The number of benzene rings is 4. The van der Waals surface area contributed by atoms with Crippen molar-refractivity contribution in [2.24, 2.45) is 10.8 Å². The van der Waals surface area contributed by atoms with Gasteiger partial charge in [0.25, 0.3) is 30.1 Å². The van der Waals surface area contributed by atoms with E-state index in [9.17, 15) is 41.8 Å². The van der Waals surface area contributed by atoms with Crippen LogP contribution in [0.2, 0.25) is 0 Å². The predicted molar refractivity (Wildman–Crippen MR) is 298 cm³/mol. The van der Waals surface area contributed by atoms with Gasteiger partial charge in [-0.2, -0.15) is 17.6 Å². The zero-order chi connectivity index (χ0) is 61.6. The molecule has 0 aliphatic heterocycles. The van der Waals surface area contributed by atoms with Crippen molar-refractivity contribution in [3.63, 3.8) is 0 Å². The normalized spacial score (nSPS) is 11.4. The fourth-order valence-corrected chi connectivity index (χ4v) is 8.69. The third-order valence-electron chi connectivity index (χ3n) is 12.3. The number of allylic oxidation sites excluding steroid dienone is 2. The van der Waals surface area contributed by atoms with Gasteiger partial charge >= 0.3 is 179 Å². The number of aliphatic carboxylic acids is 1. The van der Waals surface area contributed by atoms with Gasteiger partial charge in [0.15, 0.2) is 0 Å². The Morgan fingerprint density at radius 3 is 1.30 bits per heavy atom. The Balaban J connectivity index is -0.000000621. The first-order valence-corrected chi connectivity index (χ1v) is 26.0. The minimum Gasteiger partial charge on any atom is -1.00 e. The molecule has 0 saturated heterocycles. The summed E-state index contributed by atoms with van der Waals surface area (Å²) in [5, 5.41) is 26.7. The summed E-state index contributed by atoms with van der Waals surface area (Å²) >= 11 is 3.87. The summed E-state index contributed by atoms with van der Waals surface area (Å²) in [5.41, 5.74) is 12.4. The summed E-state index contributed by atoms with van der Waals surface area (Å²) in [5.74, 6) is -4.10. The molecule has 0 unspecified atom stereocenters. The Labute approximate surface area is 633 Å². The van der Waals surface area contributed by atoms with Crippen LogP contribution < -0.4 is 193 Å². The number of nitrogens with zero attached hydrogens (tertiary/aromatic N) is 2. The molecule has 442 valence electrons. The van der Waals surface area contributed by atoms with Crippen molar-refractivity contribution in [3.05, 3.63) is 153 Å². The molecule has 4 aromatic carbocycles. The van der Waals surface area contributed by atoms with Gasteiger partial charge in [0.2, 0.25) is 0 Å². The fraction of sp³-hybridized carbons (Fsp3) is 0.433. The SMILES string of the molecule is C=CCc1ccc(C(=O)NN(C(=O)c2cc(C)cc(C)c2)[C@H](CCC)C(C)(C)C)c(C)c1O.C=CCc1ccc(C(=O)NN(C(=O)c2cc(C)cc(C)c2)[C@H](CCC)C(C)(C)C)c(C)c1OC(F)F.O=C([O-])C(F)(F)Cl.O=CO[O-].[Cs+].[Cs+].[H-].[Na+]. The molecule has 0 aromatic heterocycles. The quantitative estimate of drug-likeness (QED) is 0.0250. The van der Waals surface area contributed by atoms with E-state index >= 15 is 0 Å². The van der Waals surface area contributed by atoms with Crippen LogP contribution in [0.15, 0.2) is 86.0 Å². The van der Waals surface area contributed by atoms with Crippen molar-refractivity contribution in [3.8, 4) is 11.5 Å². The van der Waals surface area contributed by atoms with Crippen LogP contribution in [0.25, 0.3) is 0 Å². The third-order valence-corrected chi connectivity index (χ3v) is 12.4. The summed E-state index contributed by atoms with van der Waals surface area (Å²) in [4.78, 5) is 74.7. The van der Waals surface area contributed by atoms with Crippen LogP contribution in [0.3, 0.4) is 0 Å². The number of carboxylic acid groups (broad SMARTS) is 1. The van der Waals surface area contributed by atoms with Gasteiger partial charge in [0.1, 0.15) is 17.5 Å². The van der Waals surface area contributed by atoms with Crippen molar-refractivity contribution in [2.45, 2.75) is 160 Å². The third kappa shape index (κ3) is 28.3. The van der Waals surface area contributed by atoms with Crippen LogP contribution in [0.5, 0.6) is 11.5 Å². The maximum absolute atomic E-state index is 13.8. The van der Waals surface area contributed by atoms with Crippen LogP contribution in [-0.4, -0.2) is 75.3 Å². The molecule has 0 fully saturated rings. The van der Waals surface area contributed by atoms with Gasteiger partial charge in [0.05, 0.1) is 12.1 Å². The van der Waals surface area contributed by atoms with Gasteiger partial charge in [-0.05, 0) is 137 Å². The van der Waals surface area contributed by atoms with Crippen molar-refractivity contribution in [2.75, 3.05) is 0 Å². The number of carboxylic acids is 1. The minimum absolute atomic E-state index is 0. The van der Waals surface area contributed by atoms with E-state index in [0.717, 1.165) is 41.5 Å². The van der Waals surface area contributed by atoms with Gasteiger partial charge < -0.3 is 31.3 Å². The van der Waals surface area contributed by atoms with E-state index in [1.54, 1.807) is 62.4 Å². The summed E-state index contributed by atoms with van der Waals surface area (Å²) in [6, 6.07) is 17.3. The first kappa shape index (κ1) is 85.1. The van der Waals surface area contributed by atoms with Crippen molar-refractivity contribution < 1.29 is 240 Å². The molecule has 4 amide bonds. The summed E-state index contributed by atoms with van der Waals surface area (Å²) in [7, 11) is 0. The Morgan fingerprint density at radius 2 is 1.01 bits per heavy atom. The van der Waals surface area contributed by atoms with Crippen LogP contribution in [0.1, 0.15) is 168 Å². The number of rotatable bonds is 18. The molecule has 0 saturated carbocycles. The van der Waals surface area contributed by atoms with E-state index in [-0.39, 0.29) is 233 Å². The number of halogens is 5. The zero-order valence-corrected chi connectivity index (χ0v) is 66.5. The predicted octanol–water partition coefficient (Wildman–Crippen LogP) is 2.12. The number of carbonyl (C=O) groups is 6. The first-order chi connectivity index (χ1) is 37.1. The molecule has 0 spiro atoms. The number of phenolic OH excluding ortho intramolecular Hbond substituents is 1. The summed E-state index contributed by atoms with van der Waals surface area (Å²) in [6.45, 7) is 31.5. The minimum atomic E-state index is -4.22. The maximum atomic E-state index is 13.8. The van der Waals surface area contributed by atoms with Gasteiger partial charge in [-0.3, -0.25) is 34.8 Å². The Kier molecular flexibility index (Phi) is 41.4. The Morgan fingerprint density at radius 1 is 0.687 bits per heavy atom. The number of hydrogen-bond acceptors (Lipinski definition) is 11. The van der Waals surface area contributed by atoms with Crippen LogP contribution in [0.4, 0.5) is 17.6 Å². The molecule has 83 heavy (non-hydrogen) atoms. The van der Waals surface area contributed by atoms with E-state index in [4.69, 9.17) is 24.7 Å². The van der Waals surface area contributed by atoms with E-state index < -0.39 is 29.8 Å². The second-order valence-electron chi connectivity index (χ2n) is 21.1. The van der Waals surface area contributed by atoms with Gasteiger partial charge in [-0.1, -0.05) is 127 Å². The molecule has 15 nitrogen and oxygen atoms in total. The first-order valence-electron chi connectivity index (χ1n) is 25.6. The van der Waals surface area contributed by atoms with Crippen LogP contribution in [-0.2, 0) is 27.3 Å². The molecule has 2 atom stereocenters. The summed E-state index contributed by atoms with van der Waals surface area (Å²) in [6.07, 6.45) is 7.17. The molecule has 23 heteroatoms. The maximum Gasteiger partial charge on any atom is 1.00 e. The monoisotopic (exact) mass is 1430 g/mol.